The minimum absolute atomic E-state index is 0.0382. The number of thioether (sulfide) groups is 1. The maximum atomic E-state index is 9.03. The van der Waals surface area contributed by atoms with Crippen molar-refractivity contribution in [3.05, 3.63) is 0 Å². The molecule has 1 fully saturated rings. The van der Waals surface area contributed by atoms with E-state index in [4.69, 9.17) is 10.8 Å². The summed E-state index contributed by atoms with van der Waals surface area (Å²) < 4.78 is 0. The van der Waals surface area contributed by atoms with Crippen molar-refractivity contribution in [2.45, 2.75) is 18.6 Å². The molecule has 0 bridgehead atoms. The molecule has 1 rings (SSSR count). The van der Waals surface area contributed by atoms with Gasteiger partial charge in [0.05, 0.1) is 6.10 Å². The van der Waals surface area contributed by atoms with Crippen LogP contribution in [0.3, 0.4) is 0 Å². The molecular formula is C5H11NOS. The molecule has 3 N–H and O–H groups in total. The minimum atomic E-state index is -0.256. The highest BCUT2D eigenvalue weighted by atomic mass is 32.2. The van der Waals surface area contributed by atoms with Crippen molar-refractivity contribution in [2.24, 2.45) is 5.73 Å². The van der Waals surface area contributed by atoms with Gasteiger partial charge in [-0.15, -0.1) is 0 Å². The Morgan fingerprint density at radius 1 is 1.62 bits per heavy atom. The van der Waals surface area contributed by atoms with E-state index in [0.29, 0.717) is 0 Å². The van der Waals surface area contributed by atoms with E-state index >= 15 is 0 Å². The van der Waals surface area contributed by atoms with Crippen LogP contribution in [-0.2, 0) is 0 Å². The molecule has 1 aliphatic rings. The fraction of sp³-hybridized carbons (Fsp3) is 1.00. The molecule has 2 atom stereocenters. The van der Waals surface area contributed by atoms with Crippen molar-refractivity contribution >= 4 is 11.8 Å². The molecule has 0 aromatic carbocycles. The zero-order chi connectivity index (χ0) is 5.98. The van der Waals surface area contributed by atoms with Gasteiger partial charge in [-0.05, 0) is 12.2 Å². The summed E-state index contributed by atoms with van der Waals surface area (Å²) in [6.45, 7) is 0. The maximum Gasteiger partial charge on any atom is 0.0781 e. The van der Waals surface area contributed by atoms with Crippen LogP contribution in [0.15, 0.2) is 0 Å². The number of hydrogen-bond donors (Lipinski definition) is 2. The summed E-state index contributed by atoms with van der Waals surface area (Å²) in [5.41, 5.74) is 5.51. The maximum absolute atomic E-state index is 9.03. The summed E-state index contributed by atoms with van der Waals surface area (Å²) in [7, 11) is 0. The zero-order valence-corrected chi connectivity index (χ0v) is 5.53. The van der Waals surface area contributed by atoms with Gasteiger partial charge in [-0.2, -0.15) is 11.8 Å². The van der Waals surface area contributed by atoms with Crippen LogP contribution in [0.2, 0.25) is 0 Å². The molecule has 1 aliphatic heterocycles. The van der Waals surface area contributed by atoms with Gasteiger partial charge in [-0.1, -0.05) is 0 Å². The Bertz CT molecular complexity index is 68.8. The molecule has 0 unspecified atom stereocenters. The lowest BCUT2D eigenvalue weighted by molar-refractivity contribution is 0.163. The third-order valence-corrected chi connectivity index (χ3v) is 2.48. The van der Waals surface area contributed by atoms with Crippen molar-refractivity contribution in [3.8, 4) is 0 Å². The number of nitrogens with two attached hydrogens (primary N) is 1. The van der Waals surface area contributed by atoms with Gasteiger partial charge < -0.3 is 10.8 Å². The number of rotatable bonds is 0. The van der Waals surface area contributed by atoms with Gasteiger partial charge in [0.15, 0.2) is 0 Å². The van der Waals surface area contributed by atoms with E-state index in [1.165, 1.54) is 0 Å². The van der Waals surface area contributed by atoms with Crippen LogP contribution in [0, 0.1) is 0 Å². The third kappa shape index (κ3) is 1.37. The molecule has 0 aliphatic carbocycles. The Hall–Kier alpha value is 0.270. The third-order valence-electron chi connectivity index (χ3n) is 1.38. The predicted molar refractivity (Wildman–Crippen MR) is 35.9 cm³/mol. The first-order valence-electron chi connectivity index (χ1n) is 2.82. The minimum Gasteiger partial charge on any atom is -0.391 e. The second kappa shape index (κ2) is 2.71. The molecule has 0 saturated carbocycles. The van der Waals surface area contributed by atoms with Gasteiger partial charge in [0.1, 0.15) is 0 Å². The molecular weight excluding hydrogens is 122 g/mol. The molecule has 2 nitrogen and oxygen atoms in total. The Balaban J connectivity index is 2.28. The summed E-state index contributed by atoms with van der Waals surface area (Å²) in [5.74, 6) is 1.93. The molecule has 0 radical (unpaired) electrons. The molecule has 3 heteroatoms. The Kier molecular flexibility index (Phi) is 2.16. The van der Waals surface area contributed by atoms with E-state index in [-0.39, 0.29) is 12.1 Å². The standard InChI is InChI=1S/C5H11NOS/c6-4-1-2-8-3-5(4)7/h4-5,7H,1-3,6H2/t4-,5+/m0/s1. The smallest absolute Gasteiger partial charge is 0.0781 e. The monoisotopic (exact) mass is 133 g/mol. The molecule has 1 saturated heterocycles. The lowest BCUT2D eigenvalue weighted by atomic mass is 10.1. The average Bonchev–Trinajstić information content (AvgIpc) is 1.77. The van der Waals surface area contributed by atoms with Crippen molar-refractivity contribution in [2.75, 3.05) is 11.5 Å². The van der Waals surface area contributed by atoms with E-state index < -0.39 is 0 Å². The molecule has 0 spiro atoms. The van der Waals surface area contributed by atoms with Crippen molar-refractivity contribution in [3.63, 3.8) is 0 Å². The summed E-state index contributed by atoms with van der Waals surface area (Å²) in [5, 5.41) is 9.03. The number of aliphatic hydroxyl groups is 1. The van der Waals surface area contributed by atoms with E-state index in [1.807, 2.05) is 0 Å². The van der Waals surface area contributed by atoms with Crippen LogP contribution in [0.4, 0.5) is 0 Å². The Morgan fingerprint density at radius 3 is 2.75 bits per heavy atom. The van der Waals surface area contributed by atoms with Crippen LogP contribution in [0.25, 0.3) is 0 Å². The fourth-order valence-corrected chi connectivity index (χ4v) is 1.83. The normalized spacial score (nSPS) is 39.8. The van der Waals surface area contributed by atoms with Crippen LogP contribution in [-0.4, -0.2) is 28.8 Å². The molecule has 8 heavy (non-hydrogen) atoms. The highest BCUT2D eigenvalue weighted by Gasteiger charge is 2.18. The molecule has 1 heterocycles. The Labute approximate surface area is 53.5 Å². The van der Waals surface area contributed by atoms with Crippen molar-refractivity contribution in [1.29, 1.82) is 0 Å². The molecule has 0 aromatic heterocycles. The topological polar surface area (TPSA) is 46.2 Å². The van der Waals surface area contributed by atoms with Crippen LogP contribution in [0.5, 0.6) is 0 Å². The highest BCUT2D eigenvalue weighted by Crippen LogP contribution is 2.15. The summed E-state index contributed by atoms with van der Waals surface area (Å²) in [6, 6.07) is 0.0382. The van der Waals surface area contributed by atoms with E-state index in [1.54, 1.807) is 11.8 Å². The van der Waals surface area contributed by atoms with Crippen molar-refractivity contribution < 1.29 is 5.11 Å². The zero-order valence-electron chi connectivity index (χ0n) is 4.71. The summed E-state index contributed by atoms with van der Waals surface area (Å²) in [6.07, 6.45) is 0.708. The molecule has 0 amide bonds. The SMILES string of the molecule is N[C@H]1CCSC[C@H]1O. The first kappa shape index (κ1) is 6.39. The number of hydrogen-bond acceptors (Lipinski definition) is 3. The van der Waals surface area contributed by atoms with Crippen LogP contribution < -0.4 is 5.73 Å². The quantitative estimate of drug-likeness (QED) is 0.481. The lowest BCUT2D eigenvalue weighted by Gasteiger charge is -2.22. The van der Waals surface area contributed by atoms with Crippen LogP contribution >= 0.6 is 11.8 Å². The van der Waals surface area contributed by atoms with Crippen LogP contribution in [0.1, 0.15) is 6.42 Å². The summed E-state index contributed by atoms with van der Waals surface area (Å²) in [4.78, 5) is 0. The van der Waals surface area contributed by atoms with Crippen molar-refractivity contribution in [1.82, 2.24) is 0 Å². The van der Waals surface area contributed by atoms with Gasteiger partial charge >= 0.3 is 0 Å². The van der Waals surface area contributed by atoms with Gasteiger partial charge in [0, 0.05) is 11.8 Å². The average molecular weight is 133 g/mol. The van der Waals surface area contributed by atoms with E-state index in [2.05, 4.69) is 0 Å². The fourth-order valence-electron chi connectivity index (χ4n) is 0.739. The largest absolute Gasteiger partial charge is 0.391 e. The van der Waals surface area contributed by atoms with Gasteiger partial charge in [0.25, 0.3) is 0 Å². The second-order valence-corrected chi connectivity index (χ2v) is 3.24. The predicted octanol–water partition coefficient (Wildman–Crippen LogP) is -0.189. The first-order valence-corrected chi connectivity index (χ1v) is 3.97. The molecule has 48 valence electrons. The van der Waals surface area contributed by atoms with E-state index in [0.717, 1.165) is 17.9 Å². The van der Waals surface area contributed by atoms with Gasteiger partial charge in [-0.3, -0.25) is 0 Å². The number of aliphatic hydroxyl groups excluding tert-OH is 1. The molecule has 0 aromatic rings. The van der Waals surface area contributed by atoms with Gasteiger partial charge in [0.2, 0.25) is 0 Å². The first-order chi connectivity index (χ1) is 3.80. The highest BCUT2D eigenvalue weighted by molar-refractivity contribution is 7.99. The Morgan fingerprint density at radius 2 is 2.38 bits per heavy atom. The van der Waals surface area contributed by atoms with E-state index in [9.17, 15) is 0 Å². The summed E-state index contributed by atoms with van der Waals surface area (Å²) >= 11 is 1.78. The van der Waals surface area contributed by atoms with Gasteiger partial charge in [-0.25, -0.2) is 0 Å². The lowest BCUT2D eigenvalue weighted by Crippen LogP contribution is -2.39. The second-order valence-electron chi connectivity index (χ2n) is 2.09.